The number of rotatable bonds is 12. The maximum Gasteiger partial charge on any atom is 0.332 e. The van der Waals surface area contributed by atoms with Gasteiger partial charge in [0.2, 0.25) is 0 Å². The summed E-state index contributed by atoms with van der Waals surface area (Å²) in [5.74, 6) is -0.385. The summed E-state index contributed by atoms with van der Waals surface area (Å²) in [6.45, 7) is 26.2. The van der Waals surface area contributed by atoms with E-state index in [1.54, 1.807) is 25.1 Å². The number of hydrogen-bond donors (Lipinski definition) is 2. The van der Waals surface area contributed by atoms with E-state index in [2.05, 4.69) is 79.1 Å². The normalized spacial score (nSPS) is 23.3. The number of aryl methyl sites for hydroxylation is 1. The van der Waals surface area contributed by atoms with Crippen molar-refractivity contribution in [2.45, 2.75) is 123 Å². The quantitative estimate of drug-likeness (QED) is 0.206. The summed E-state index contributed by atoms with van der Waals surface area (Å²) in [4.78, 5) is 53.4. The monoisotopic (exact) mass is 806 g/mol. The number of amides is 3. The van der Waals surface area contributed by atoms with Gasteiger partial charge in [0.25, 0.3) is 21.6 Å². The lowest BCUT2D eigenvalue weighted by molar-refractivity contribution is -0.0574. The van der Waals surface area contributed by atoms with Gasteiger partial charge in [0, 0.05) is 24.4 Å². The molecule has 54 heavy (non-hydrogen) atoms. The number of imide groups is 1. The Morgan fingerprint density at radius 1 is 0.963 bits per heavy atom. The van der Waals surface area contributed by atoms with Crippen LogP contribution < -0.4 is 21.9 Å². The van der Waals surface area contributed by atoms with E-state index in [1.807, 2.05) is 13.1 Å². The number of carbonyl (C=O) groups is 2. The van der Waals surface area contributed by atoms with Crippen LogP contribution in [0.25, 0.3) is 0 Å². The molecule has 1 aromatic carbocycles. The van der Waals surface area contributed by atoms with Crippen molar-refractivity contribution in [3.8, 4) is 0 Å². The van der Waals surface area contributed by atoms with Gasteiger partial charge in [-0.05, 0) is 67.2 Å². The first-order chi connectivity index (χ1) is 24.6. The number of benzene rings is 1. The minimum absolute atomic E-state index is 0.110. The fraction of sp³-hybridized carbons (Fsp3) is 0.622. The van der Waals surface area contributed by atoms with Crippen LogP contribution in [0.1, 0.15) is 77.5 Å². The molecule has 2 N–H and O–H groups in total. The maximum atomic E-state index is 13.9. The number of carbonyl (C=O) groups excluding carboxylic acids is 2. The Bertz CT molecular complexity index is 2020. The summed E-state index contributed by atoms with van der Waals surface area (Å²) in [5.41, 5.74) is -3.19. The second kappa shape index (κ2) is 15.0. The number of ether oxygens (including phenoxy) is 1. The summed E-state index contributed by atoms with van der Waals surface area (Å²) in [7, 11) is -8.81. The molecule has 2 aliphatic rings. The first-order valence-electron chi connectivity index (χ1n) is 18.2. The predicted molar refractivity (Wildman–Crippen MR) is 211 cm³/mol. The molecule has 4 rings (SSSR count). The molecule has 0 saturated carbocycles. The van der Waals surface area contributed by atoms with Crippen molar-refractivity contribution < 1.29 is 35.8 Å². The molecule has 14 nitrogen and oxygen atoms in total. The van der Waals surface area contributed by atoms with Crippen LogP contribution in [0.3, 0.4) is 0 Å². The van der Waals surface area contributed by atoms with E-state index in [9.17, 15) is 27.6 Å². The fourth-order valence-corrected chi connectivity index (χ4v) is 12.8. The highest BCUT2D eigenvalue weighted by Crippen LogP contribution is 2.54. The topological polar surface area (TPSA) is 173 Å². The summed E-state index contributed by atoms with van der Waals surface area (Å²) in [6, 6.07) is 7.03. The number of urea groups is 1. The van der Waals surface area contributed by atoms with E-state index in [1.165, 1.54) is 29.9 Å². The van der Waals surface area contributed by atoms with Crippen LogP contribution in [0.4, 0.5) is 4.79 Å². The highest BCUT2D eigenvalue weighted by atomic mass is 32.2. The third-order valence-corrected chi connectivity index (χ3v) is 22.8. The van der Waals surface area contributed by atoms with Gasteiger partial charge >= 0.3 is 11.7 Å². The molecule has 1 fully saturated rings. The van der Waals surface area contributed by atoms with Crippen LogP contribution in [0.15, 0.2) is 57.2 Å². The van der Waals surface area contributed by atoms with E-state index >= 15 is 0 Å². The Balaban J connectivity index is 1.97. The highest BCUT2D eigenvalue weighted by molar-refractivity contribution is 7.90. The van der Waals surface area contributed by atoms with Crippen molar-refractivity contribution in [2.24, 2.45) is 18.9 Å². The Labute approximate surface area is 321 Å². The van der Waals surface area contributed by atoms with Gasteiger partial charge in [-0.15, -0.1) is 0 Å². The third kappa shape index (κ3) is 7.90. The summed E-state index contributed by atoms with van der Waals surface area (Å²) in [5, 5.41) is 4.96. The molecule has 3 amide bonds. The zero-order valence-electron chi connectivity index (χ0n) is 34.0. The van der Waals surface area contributed by atoms with Crippen molar-refractivity contribution >= 4 is 38.7 Å². The second-order valence-corrected chi connectivity index (χ2v) is 27.7. The van der Waals surface area contributed by atoms with Crippen LogP contribution in [0, 0.1) is 18.8 Å². The maximum absolute atomic E-state index is 13.9. The SMILES string of the molecule is Cc1cn([C@@H]2O[C@H](CO[Si](C)(C)C(C)(C)C(C)C)[C@@]3(OS(=O)(=O)C=C3NC(=O)NC(=O)c3ccccc3)[C@H]2O[Si](C)(C)C(C)(C)C(C)C)c(=O)n(C)c1=O. The standard InChI is InChI=1S/C37H58N4O10SSi2/c1-23(2)35(6,7)53(11,12)48-21-28-37(27(22-52(46,47)51-37)38-33(44)39-30(42)26-18-16-15-17-19-26)29(50-54(13,14)36(8,9)24(3)4)32(49-28)41-20-25(5)31(43)40(10)34(41)45/h15-20,22-24,28-29,32H,21H2,1-14H3,(H2,38,39,42,44)/t28-,29+,32-,37-/m1/s1. The van der Waals surface area contributed by atoms with Crippen LogP contribution >= 0.6 is 0 Å². The first-order valence-corrected chi connectivity index (χ1v) is 25.5. The summed E-state index contributed by atoms with van der Waals surface area (Å²) in [6.07, 6.45) is -2.68. The van der Waals surface area contributed by atoms with E-state index in [0.29, 0.717) is 0 Å². The molecule has 3 heterocycles. The van der Waals surface area contributed by atoms with Crippen LogP contribution in [0.2, 0.25) is 36.3 Å². The highest BCUT2D eigenvalue weighted by Gasteiger charge is 2.68. The molecule has 0 unspecified atom stereocenters. The van der Waals surface area contributed by atoms with Gasteiger partial charge in [-0.1, -0.05) is 73.6 Å². The summed E-state index contributed by atoms with van der Waals surface area (Å²) >= 11 is 0. The van der Waals surface area contributed by atoms with Crippen molar-refractivity contribution in [3.63, 3.8) is 0 Å². The molecule has 2 aromatic rings. The first kappa shape index (κ1) is 43.5. The molecule has 0 bridgehead atoms. The molecule has 1 spiro atoms. The van der Waals surface area contributed by atoms with E-state index in [0.717, 1.165) is 9.98 Å². The second-order valence-electron chi connectivity index (χ2n) is 17.2. The summed E-state index contributed by atoms with van der Waals surface area (Å²) < 4.78 is 56.4. The van der Waals surface area contributed by atoms with Gasteiger partial charge in [-0.3, -0.25) is 24.0 Å². The van der Waals surface area contributed by atoms with Gasteiger partial charge in [-0.2, -0.15) is 8.42 Å². The van der Waals surface area contributed by atoms with E-state index in [4.69, 9.17) is 17.8 Å². The van der Waals surface area contributed by atoms with Crippen molar-refractivity contribution in [1.29, 1.82) is 0 Å². The average Bonchev–Trinajstić information content (AvgIpc) is 3.51. The molecule has 4 atom stereocenters. The Hall–Kier alpha value is -3.20. The molecule has 0 aliphatic carbocycles. The van der Waals surface area contributed by atoms with Crippen molar-refractivity contribution in [1.82, 2.24) is 19.8 Å². The van der Waals surface area contributed by atoms with E-state index < -0.39 is 79.0 Å². The minimum Gasteiger partial charge on any atom is -0.414 e. The number of nitrogens with zero attached hydrogens (tertiary/aromatic N) is 2. The van der Waals surface area contributed by atoms with Gasteiger partial charge in [0.1, 0.15) is 12.2 Å². The van der Waals surface area contributed by atoms with Gasteiger partial charge in [0.05, 0.1) is 17.7 Å². The predicted octanol–water partition coefficient (Wildman–Crippen LogP) is 5.52. The molecular formula is C37H58N4O10SSi2. The molecule has 300 valence electrons. The lowest BCUT2D eigenvalue weighted by Crippen LogP contribution is -2.61. The molecule has 1 saturated heterocycles. The Morgan fingerprint density at radius 3 is 2.07 bits per heavy atom. The van der Waals surface area contributed by atoms with Gasteiger partial charge in [0.15, 0.2) is 28.5 Å². The van der Waals surface area contributed by atoms with Gasteiger partial charge in [-0.25, -0.2) is 13.8 Å². The Morgan fingerprint density at radius 2 is 1.52 bits per heavy atom. The lowest BCUT2D eigenvalue weighted by Gasteiger charge is -2.47. The van der Waals surface area contributed by atoms with Crippen molar-refractivity contribution in [3.05, 3.63) is 79.6 Å². The molecule has 1 aromatic heterocycles. The smallest absolute Gasteiger partial charge is 0.332 e. The lowest BCUT2D eigenvalue weighted by atomic mass is 9.89. The minimum atomic E-state index is -4.54. The van der Waals surface area contributed by atoms with Gasteiger partial charge < -0.3 is 18.9 Å². The number of nitrogens with one attached hydrogen (secondary N) is 2. The van der Waals surface area contributed by atoms with Crippen LogP contribution in [-0.2, 0) is 34.9 Å². The van der Waals surface area contributed by atoms with Crippen LogP contribution in [-0.4, -0.2) is 70.5 Å². The Kier molecular flexibility index (Phi) is 12.1. The largest absolute Gasteiger partial charge is 0.414 e. The molecule has 2 aliphatic heterocycles. The number of hydrogen-bond acceptors (Lipinski definition) is 10. The molecular weight excluding hydrogens is 749 g/mol. The average molecular weight is 807 g/mol. The molecule has 0 radical (unpaired) electrons. The molecule has 17 heteroatoms. The zero-order valence-corrected chi connectivity index (χ0v) is 36.8. The van der Waals surface area contributed by atoms with Crippen molar-refractivity contribution in [2.75, 3.05) is 6.61 Å². The number of aromatic nitrogens is 2. The zero-order chi connectivity index (χ0) is 41.0. The van der Waals surface area contributed by atoms with Crippen LogP contribution in [0.5, 0.6) is 0 Å². The third-order valence-electron chi connectivity index (χ3n) is 12.7. The fourth-order valence-electron chi connectivity index (χ4n) is 6.58. The van der Waals surface area contributed by atoms with E-state index in [-0.39, 0.29) is 40.3 Å².